The molecule has 0 radical (unpaired) electrons. The fraction of sp³-hybridized carbons (Fsp3) is 0.571. The van der Waals surface area contributed by atoms with E-state index in [0.29, 0.717) is 6.54 Å². The monoisotopic (exact) mass is 125 g/mol. The zero-order valence-electron chi connectivity index (χ0n) is 5.85. The van der Waals surface area contributed by atoms with Crippen LogP contribution in [-0.4, -0.2) is 31.3 Å². The summed E-state index contributed by atoms with van der Waals surface area (Å²) in [4.78, 5) is 12.5. The highest BCUT2D eigenvalue weighted by atomic mass is 16.1. The van der Waals surface area contributed by atoms with Gasteiger partial charge in [-0.1, -0.05) is 5.92 Å². The predicted octanol–water partition coefficient (Wildman–Crippen LogP) is 0.140. The molecule has 0 amide bonds. The number of likely N-dealkylation sites (N-methyl/N-ethyl adjacent to an activating group) is 1. The van der Waals surface area contributed by atoms with E-state index in [-0.39, 0.29) is 12.2 Å². The second kappa shape index (κ2) is 4.11. The van der Waals surface area contributed by atoms with Crippen molar-refractivity contribution in [3.63, 3.8) is 0 Å². The van der Waals surface area contributed by atoms with E-state index in [9.17, 15) is 4.79 Å². The lowest BCUT2D eigenvalue weighted by Gasteiger charge is -2.04. The van der Waals surface area contributed by atoms with E-state index >= 15 is 0 Å². The molecule has 0 aromatic carbocycles. The molecule has 2 nitrogen and oxygen atoms in total. The molecule has 0 fully saturated rings. The third kappa shape index (κ3) is 5.05. The Morgan fingerprint density at radius 1 is 1.67 bits per heavy atom. The second-order valence-corrected chi connectivity index (χ2v) is 2.16. The maximum atomic E-state index is 10.7. The third-order valence-corrected chi connectivity index (χ3v) is 0.792. The van der Waals surface area contributed by atoms with Crippen LogP contribution in [0.2, 0.25) is 0 Å². The van der Waals surface area contributed by atoms with Gasteiger partial charge in [-0.2, -0.15) is 0 Å². The van der Waals surface area contributed by atoms with Gasteiger partial charge in [-0.3, -0.25) is 4.79 Å². The quantitative estimate of drug-likeness (QED) is 0.500. The minimum atomic E-state index is 0.0995. The lowest BCUT2D eigenvalue weighted by Crippen LogP contribution is -2.20. The third-order valence-electron chi connectivity index (χ3n) is 0.792. The van der Waals surface area contributed by atoms with E-state index in [1.165, 1.54) is 0 Å². The Labute approximate surface area is 55.8 Å². The average molecular weight is 125 g/mol. The van der Waals surface area contributed by atoms with Crippen molar-refractivity contribution < 1.29 is 4.79 Å². The fourth-order valence-corrected chi connectivity index (χ4v) is 0.522. The summed E-state index contributed by atoms with van der Waals surface area (Å²) in [5.74, 6) is 2.40. The van der Waals surface area contributed by atoms with E-state index in [2.05, 4.69) is 5.92 Å². The van der Waals surface area contributed by atoms with Crippen LogP contribution in [0, 0.1) is 12.3 Å². The van der Waals surface area contributed by atoms with Crippen LogP contribution < -0.4 is 0 Å². The Bertz CT molecular complexity index is 132. The van der Waals surface area contributed by atoms with Crippen molar-refractivity contribution in [3.8, 4) is 12.3 Å². The normalized spacial score (nSPS) is 9.11. The molecule has 0 atom stereocenters. The number of nitrogens with zero attached hydrogens (tertiary/aromatic N) is 1. The van der Waals surface area contributed by atoms with Crippen LogP contribution in [0.25, 0.3) is 0 Å². The molecule has 0 spiro atoms. The Morgan fingerprint density at radius 3 is 2.56 bits per heavy atom. The Hall–Kier alpha value is -0.810. The van der Waals surface area contributed by atoms with Crippen molar-refractivity contribution >= 4 is 5.78 Å². The maximum absolute atomic E-state index is 10.7. The molecule has 0 aromatic rings. The molecule has 0 aliphatic carbocycles. The summed E-state index contributed by atoms with van der Waals surface area (Å²) in [6.45, 7) is 0.449. The standard InChI is InChI=1S/C7H11NO/c1-4-5-7(9)6-8(2)3/h1H,5-6H2,2-3H3. The van der Waals surface area contributed by atoms with Gasteiger partial charge in [-0.15, -0.1) is 6.42 Å². The molecule has 0 N–H and O–H groups in total. The average Bonchev–Trinajstić information content (AvgIpc) is 1.63. The van der Waals surface area contributed by atoms with Crippen molar-refractivity contribution in [1.29, 1.82) is 0 Å². The number of carbonyl (C=O) groups is 1. The van der Waals surface area contributed by atoms with Gasteiger partial charge >= 0.3 is 0 Å². The first kappa shape index (κ1) is 8.19. The summed E-state index contributed by atoms with van der Waals surface area (Å²) >= 11 is 0. The highest BCUT2D eigenvalue weighted by Crippen LogP contribution is 1.81. The number of hydrogen-bond donors (Lipinski definition) is 0. The molecule has 0 unspecified atom stereocenters. The van der Waals surface area contributed by atoms with Crippen LogP contribution in [0.15, 0.2) is 0 Å². The molecule has 0 saturated carbocycles. The van der Waals surface area contributed by atoms with Crippen LogP contribution in [0.5, 0.6) is 0 Å². The lowest BCUT2D eigenvalue weighted by molar-refractivity contribution is -0.118. The predicted molar refractivity (Wildman–Crippen MR) is 37.0 cm³/mol. The molecule has 0 aromatic heterocycles. The smallest absolute Gasteiger partial charge is 0.158 e. The number of terminal acetylenes is 1. The van der Waals surface area contributed by atoms with Crippen molar-refractivity contribution in [3.05, 3.63) is 0 Å². The highest BCUT2D eigenvalue weighted by molar-refractivity contribution is 5.82. The topological polar surface area (TPSA) is 20.3 Å². The molecule has 0 saturated heterocycles. The van der Waals surface area contributed by atoms with Gasteiger partial charge in [0.25, 0.3) is 0 Å². The van der Waals surface area contributed by atoms with E-state index < -0.39 is 0 Å². The zero-order valence-corrected chi connectivity index (χ0v) is 5.85. The molecule has 0 rings (SSSR count). The molecule has 9 heavy (non-hydrogen) atoms. The SMILES string of the molecule is C#CCC(=O)CN(C)C. The Balaban J connectivity index is 3.42. The van der Waals surface area contributed by atoms with E-state index in [4.69, 9.17) is 6.42 Å². The van der Waals surface area contributed by atoms with E-state index in [0.717, 1.165) is 0 Å². The molecule has 0 aliphatic heterocycles. The molecule has 2 heteroatoms. The molecule has 50 valence electrons. The molecule has 0 bridgehead atoms. The molecule has 0 aliphatic rings. The van der Waals surface area contributed by atoms with Crippen LogP contribution in [0.3, 0.4) is 0 Å². The van der Waals surface area contributed by atoms with Crippen molar-refractivity contribution in [2.75, 3.05) is 20.6 Å². The summed E-state index contributed by atoms with van der Waals surface area (Å²) in [6, 6.07) is 0. The van der Waals surface area contributed by atoms with Crippen molar-refractivity contribution in [2.24, 2.45) is 0 Å². The van der Waals surface area contributed by atoms with Gasteiger partial charge in [0.05, 0.1) is 13.0 Å². The second-order valence-electron chi connectivity index (χ2n) is 2.16. The van der Waals surface area contributed by atoms with Gasteiger partial charge in [0.2, 0.25) is 0 Å². The van der Waals surface area contributed by atoms with Gasteiger partial charge < -0.3 is 4.90 Å². The van der Waals surface area contributed by atoms with Crippen molar-refractivity contribution in [2.45, 2.75) is 6.42 Å². The number of Topliss-reactive ketones (excluding diaryl/α,β-unsaturated/α-hetero) is 1. The van der Waals surface area contributed by atoms with E-state index in [1.54, 1.807) is 4.90 Å². The molecule has 0 heterocycles. The first-order chi connectivity index (χ1) is 4.16. The largest absolute Gasteiger partial charge is 0.302 e. The van der Waals surface area contributed by atoms with Gasteiger partial charge in [0, 0.05) is 0 Å². The van der Waals surface area contributed by atoms with E-state index in [1.807, 2.05) is 14.1 Å². The minimum Gasteiger partial charge on any atom is -0.302 e. The number of carbonyl (C=O) groups excluding carboxylic acids is 1. The Kier molecular flexibility index (Phi) is 3.74. The highest BCUT2D eigenvalue weighted by Gasteiger charge is 1.98. The minimum absolute atomic E-state index is 0.0995. The number of rotatable bonds is 3. The van der Waals surface area contributed by atoms with Gasteiger partial charge in [0.15, 0.2) is 5.78 Å². The van der Waals surface area contributed by atoms with Crippen LogP contribution in [0.1, 0.15) is 6.42 Å². The number of hydrogen-bond acceptors (Lipinski definition) is 2. The first-order valence-electron chi connectivity index (χ1n) is 2.76. The fourth-order valence-electron chi connectivity index (χ4n) is 0.522. The molecular weight excluding hydrogens is 114 g/mol. The summed E-state index contributed by atoms with van der Waals surface area (Å²) < 4.78 is 0. The number of ketones is 1. The van der Waals surface area contributed by atoms with Crippen LogP contribution in [0.4, 0.5) is 0 Å². The summed E-state index contributed by atoms with van der Waals surface area (Å²) in [5, 5.41) is 0. The van der Waals surface area contributed by atoms with Crippen LogP contribution in [-0.2, 0) is 4.79 Å². The lowest BCUT2D eigenvalue weighted by atomic mass is 10.3. The summed E-state index contributed by atoms with van der Waals surface area (Å²) in [7, 11) is 3.68. The molecular formula is C7H11NO. The van der Waals surface area contributed by atoms with Gasteiger partial charge in [-0.25, -0.2) is 0 Å². The zero-order chi connectivity index (χ0) is 7.28. The van der Waals surface area contributed by atoms with Crippen molar-refractivity contribution in [1.82, 2.24) is 4.90 Å². The summed E-state index contributed by atoms with van der Waals surface area (Å²) in [5.41, 5.74) is 0. The summed E-state index contributed by atoms with van der Waals surface area (Å²) in [6.07, 6.45) is 5.16. The van der Waals surface area contributed by atoms with Gasteiger partial charge in [0.1, 0.15) is 0 Å². The van der Waals surface area contributed by atoms with Crippen LogP contribution >= 0.6 is 0 Å². The van der Waals surface area contributed by atoms with Gasteiger partial charge in [-0.05, 0) is 14.1 Å². The maximum Gasteiger partial charge on any atom is 0.158 e. The Morgan fingerprint density at radius 2 is 2.22 bits per heavy atom. The first-order valence-corrected chi connectivity index (χ1v) is 2.76.